The van der Waals surface area contributed by atoms with E-state index in [0.717, 1.165) is 22.7 Å². The Morgan fingerprint density at radius 2 is 1.61 bits per heavy atom. The zero-order chi connectivity index (χ0) is 21.7. The maximum atomic E-state index is 12.3. The first-order chi connectivity index (χ1) is 15.2. The molecule has 3 aromatic carbocycles. The van der Waals surface area contributed by atoms with Crippen LogP contribution in [-0.4, -0.2) is 32.3 Å². The second-order valence-corrected chi connectivity index (χ2v) is 6.77. The van der Waals surface area contributed by atoms with Crippen LogP contribution in [0.1, 0.15) is 12.5 Å². The predicted molar refractivity (Wildman–Crippen MR) is 123 cm³/mol. The summed E-state index contributed by atoms with van der Waals surface area (Å²) in [7, 11) is 0. The van der Waals surface area contributed by atoms with Crippen LogP contribution in [0.2, 0.25) is 0 Å². The van der Waals surface area contributed by atoms with Crippen molar-refractivity contribution in [2.75, 3.05) is 37.0 Å². The molecule has 0 fully saturated rings. The number of amides is 1. The minimum Gasteiger partial charge on any atom is -0.491 e. The van der Waals surface area contributed by atoms with Gasteiger partial charge in [0, 0.05) is 24.0 Å². The highest BCUT2D eigenvalue weighted by atomic mass is 16.5. The van der Waals surface area contributed by atoms with Gasteiger partial charge >= 0.3 is 0 Å². The lowest BCUT2D eigenvalue weighted by atomic mass is 10.2. The highest BCUT2D eigenvalue weighted by Crippen LogP contribution is 2.18. The standard InChI is InChI=1S/C25H28N2O4/c1-2-29-15-16-30-24-10-6-9-22(17-24)26-18-25(28)27-21-11-13-23(14-12-21)31-19-20-7-4-3-5-8-20/h3-14,17,26H,2,15-16,18-19H2,1H3,(H,27,28). The normalized spacial score (nSPS) is 10.4. The third-order valence-electron chi connectivity index (χ3n) is 4.37. The van der Waals surface area contributed by atoms with Crippen LogP contribution in [0, 0.1) is 0 Å². The minimum atomic E-state index is -0.138. The maximum absolute atomic E-state index is 12.3. The molecular formula is C25H28N2O4. The van der Waals surface area contributed by atoms with Crippen molar-refractivity contribution in [3.05, 3.63) is 84.4 Å². The summed E-state index contributed by atoms with van der Waals surface area (Å²) in [5.41, 5.74) is 2.63. The van der Waals surface area contributed by atoms with Crippen molar-refractivity contribution in [1.82, 2.24) is 0 Å². The number of carbonyl (C=O) groups is 1. The number of rotatable bonds is 12. The third kappa shape index (κ3) is 8.03. The minimum absolute atomic E-state index is 0.138. The van der Waals surface area contributed by atoms with Gasteiger partial charge in [0.05, 0.1) is 13.2 Å². The van der Waals surface area contributed by atoms with E-state index in [4.69, 9.17) is 14.2 Å². The van der Waals surface area contributed by atoms with Gasteiger partial charge in [-0.15, -0.1) is 0 Å². The van der Waals surface area contributed by atoms with E-state index < -0.39 is 0 Å². The molecule has 0 atom stereocenters. The van der Waals surface area contributed by atoms with Gasteiger partial charge in [0.2, 0.25) is 5.91 Å². The molecule has 0 heterocycles. The molecule has 6 heteroatoms. The fourth-order valence-electron chi connectivity index (χ4n) is 2.82. The van der Waals surface area contributed by atoms with Gasteiger partial charge in [0.15, 0.2) is 0 Å². The van der Waals surface area contributed by atoms with Gasteiger partial charge in [-0.05, 0) is 48.9 Å². The molecule has 0 saturated heterocycles. The molecule has 0 aliphatic carbocycles. The molecule has 2 N–H and O–H groups in total. The third-order valence-corrected chi connectivity index (χ3v) is 4.37. The van der Waals surface area contributed by atoms with Crippen molar-refractivity contribution in [2.24, 2.45) is 0 Å². The van der Waals surface area contributed by atoms with Crippen molar-refractivity contribution in [1.29, 1.82) is 0 Å². The molecule has 3 rings (SSSR count). The van der Waals surface area contributed by atoms with E-state index in [0.29, 0.717) is 32.1 Å². The van der Waals surface area contributed by atoms with Crippen LogP contribution in [0.15, 0.2) is 78.9 Å². The monoisotopic (exact) mass is 420 g/mol. The highest BCUT2D eigenvalue weighted by Gasteiger charge is 2.04. The molecule has 1 amide bonds. The number of ether oxygens (including phenoxy) is 3. The molecule has 162 valence electrons. The van der Waals surface area contributed by atoms with Crippen molar-refractivity contribution in [3.8, 4) is 11.5 Å². The molecule has 0 unspecified atom stereocenters. The summed E-state index contributed by atoms with van der Waals surface area (Å²) >= 11 is 0. The van der Waals surface area contributed by atoms with E-state index in [1.807, 2.05) is 85.8 Å². The summed E-state index contributed by atoms with van der Waals surface area (Å²) in [6, 6.07) is 24.8. The quantitative estimate of drug-likeness (QED) is 0.415. The molecule has 0 saturated carbocycles. The molecule has 3 aromatic rings. The SMILES string of the molecule is CCOCCOc1cccc(NCC(=O)Nc2ccc(OCc3ccccc3)cc2)c1. The van der Waals surface area contributed by atoms with Crippen molar-refractivity contribution >= 4 is 17.3 Å². The molecule has 31 heavy (non-hydrogen) atoms. The van der Waals surface area contributed by atoms with Crippen LogP contribution in [0.4, 0.5) is 11.4 Å². The molecule has 6 nitrogen and oxygen atoms in total. The van der Waals surface area contributed by atoms with Crippen molar-refractivity contribution < 1.29 is 19.0 Å². The topological polar surface area (TPSA) is 68.8 Å². The molecule has 0 spiro atoms. The van der Waals surface area contributed by atoms with Crippen LogP contribution in [0.5, 0.6) is 11.5 Å². The largest absolute Gasteiger partial charge is 0.491 e. The molecule has 0 radical (unpaired) electrons. The zero-order valence-corrected chi connectivity index (χ0v) is 17.7. The first kappa shape index (κ1) is 22.2. The Hall–Kier alpha value is -3.51. The lowest BCUT2D eigenvalue weighted by molar-refractivity contribution is -0.114. The summed E-state index contributed by atoms with van der Waals surface area (Å²) in [5, 5.41) is 5.98. The van der Waals surface area contributed by atoms with Crippen LogP contribution in [0.25, 0.3) is 0 Å². The van der Waals surface area contributed by atoms with Gasteiger partial charge in [0.25, 0.3) is 0 Å². The van der Waals surface area contributed by atoms with E-state index in [-0.39, 0.29) is 12.5 Å². The first-order valence-corrected chi connectivity index (χ1v) is 10.3. The van der Waals surface area contributed by atoms with Crippen LogP contribution in [-0.2, 0) is 16.1 Å². The summed E-state index contributed by atoms with van der Waals surface area (Å²) < 4.78 is 16.7. The number of benzene rings is 3. The average molecular weight is 421 g/mol. The molecule has 0 bridgehead atoms. The summed E-state index contributed by atoms with van der Waals surface area (Å²) in [6.07, 6.45) is 0. The van der Waals surface area contributed by atoms with Gasteiger partial charge in [-0.3, -0.25) is 4.79 Å². The molecular weight excluding hydrogens is 392 g/mol. The Kier molecular flexibility index (Phi) is 8.76. The Bertz CT molecular complexity index is 930. The Labute approximate surface area is 183 Å². The van der Waals surface area contributed by atoms with Crippen LogP contribution >= 0.6 is 0 Å². The maximum Gasteiger partial charge on any atom is 0.243 e. The molecule has 0 aliphatic heterocycles. The number of hydrogen-bond acceptors (Lipinski definition) is 5. The van der Waals surface area contributed by atoms with E-state index >= 15 is 0 Å². The zero-order valence-electron chi connectivity index (χ0n) is 17.7. The van der Waals surface area contributed by atoms with Gasteiger partial charge in [-0.1, -0.05) is 36.4 Å². The van der Waals surface area contributed by atoms with Crippen LogP contribution in [0.3, 0.4) is 0 Å². The predicted octanol–water partition coefficient (Wildman–Crippen LogP) is 4.73. The average Bonchev–Trinajstić information content (AvgIpc) is 2.81. The van der Waals surface area contributed by atoms with E-state index in [1.54, 1.807) is 0 Å². The second-order valence-electron chi connectivity index (χ2n) is 6.77. The summed E-state index contributed by atoms with van der Waals surface area (Å²) in [4.78, 5) is 12.3. The number of carbonyl (C=O) groups excluding carboxylic acids is 1. The summed E-state index contributed by atoms with van der Waals surface area (Å²) in [6.45, 7) is 4.31. The number of hydrogen-bond donors (Lipinski definition) is 2. The highest BCUT2D eigenvalue weighted by molar-refractivity contribution is 5.93. The lowest BCUT2D eigenvalue weighted by Crippen LogP contribution is -2.21. The van der Waals surface area contributed by atoms with E-state index in [2.05, 4.69) is 10.6 Å². The number of nitrogens with one attached hydrogen (secondary N) is 2. The van der Waals surface area contributed by atoms with Gasteiger partial charge in [-0.25, -0.2) is 0 Å². The van der Waals surface area contributed by atoms with Gasteiger partial charge in [-0.2, -0.15) is 0 Å². The van der Waals surface area contributed by atoms with Gasteiger partial charge < -0.3 is 24.8 Å². The van der Waals surface area contributed by atoms with Crippen molar-refractivity contribution in [2.45, 2.75) is 13.5 Å². The van der Waals surface area contributed by atoms with Crippen LogP contribution < -0.4 is 20.1 Å². The Morgan fingerprint density at radius 1 is 0.806 bits per heavy atom. The molecule has 0 aromatic heterocycles. The van der Waals surface area contributed by atoms with Crippen molar-refractivity contribution in [3.63, 3.8) is 0 Å². The number of anilines is 2. The lowest BCUT2D eigenvalue weighted by Gasteiger charge is -2.11. The smallest absolute Gasteiger partial charge is 0.243 e. The molecule has 0 aliphatic rings. The fraction of sp³-hybridized carbons (Fsp3) is 0.240. The van der Waals surface area contributed by atoms with E-state index in [1.165, 1.54) is 0 Å². The fourth-order valence-corrected chi connectivity index (χ4v) is 2.82. The van der Waals surface area contributed by atoms with E-state index in [9.17, 15) is 4.79 Å². The van der Waals surface area contributed by atoms with Gasteiger partial charge in [0.1, 0.15) is 24.7 Å². The summed E-state index contributed by atoms with van der Waals surface area (Å²) in [5.74, 6) is 1.35. The first-order valence-electron chi connectivity index (χ1n) is 10.3. The Balaban J connectivity index is 1.41. The second kappa shape index (κ2) is 12.2. The Morgan fingerprint density at radius 3 is 2.39 bits per heavy atom.